The van der Waals surface area contributed by atoms with Gasteiger partial charge in [-0.25, -0.2) is 0 Å². The Morgan fingerprint density at radius 1 is 1.28 bits per heavy atom. The molecular formula is C16H34N2. The fraction of sp³-hybridized carbons (Fsp3) is 1.00. The summed E-state index contributed by atoms with van der Waals surface area (Å²) in [4.78, 5) is 2.70. The first-order valence-electron chi connectivity index (χ1n) is 7.84. The second-order valence-corrected chi connectivity index (χ2v) is 7.32. The van der Waals surface area contributed by atoms with E-state index in [1.165, 1.54) is 45.3 Å². The van der Waals surface area contributed by atoms with Crippen molar-refractivity contribution < 1.29 is 0 Å². The number of rotatable bonds is 7. The number of likely N-dealkylation sites (tertiary alicyclic amines) is 1. The molecule has 1 saturated heterocycles. The molecule has 1 aliphatic heterocycles. The van der Waals surface area contributed by atoms with E-state index in [1.807, 2.05) is 0 Å². The van der Waals surface area contributed by atoms with Gasteiger partial charge in [-0.3, -0.25) is 0 Å². The van der Waals surface area contributed by atoms with Crippen LogP contribution < -0.4 is 5.32 Å². The zero-order chi connectivity index (χ0) is 13.6. The van der Waals surface area contributed by atoms with E-state index in [-0.39, 0.29) is 0 Å². The van der Waals surface area contributed by atoms with Crippen molar-refractivity contribution in [3.8, 4) is 0 Å². The number of nitrogens with one attached hydrogen (secondary N) is 1. The summed E-state index contributed by atoms with van der Waals surface area (Å²) >= 11 is 0. The molecule has 1 aliphatic rings. The SMILES string of the molecule is CCCC(C)(CNCC)CN1CCCC(C)(C)C1. The molecule has 1 rings (SSSR count). The van der Waals surface area contributed by atoms with Crippen LogP contribution in [-0.4, -0.2) is 37.6 Å². The summed E-state index contributed by atoms with van der Waals surface area (Å²) < 4.78 is 0. The van der Waals surface area contributed by atoms with Crippen molar-refractivity contribution in [2.75, 3.05) is 32.7 Å². The second-order valence-electron chi connectivity index (χ2n) is 7.32. The smallest absolute Gasteiger partial charge is 0.00477 e. The number of piperidine rings is 1. The van der Waals surface area contributed by atoms with E-state index in [4.69, 9.17) is 0 Å². The number of hydrogen-bond donors (Lipinski definition) is 1. The van der Waals surface area contributed by atoms with Crippen molar-refractivity contribution in [3.05, 3.63) is 0 Å². The van der Waals surface area contributed by atoms with Gasteiger partial charge < -0.3 is 10.2 Å². The molecule has 108 valence electrons. The predicted octanol–water partition coefficient (Wildman–Crippen LogP) is 3.52. The Hall–Kier alpha value is -0.0800. The highest BCUT2D eigenvalue weighted by Crippen LogP contribution is 2.32. The summed E-state index contributed by atoms with van der Waals surface area (Å²) in [6.07, 6.45) is 5.38. The van der Waals surface area contributed by atoms with Crippen LogP contribution in [0.1, 0.15) is 60.3 Å². The largest absolute Gasteiger partial charge is 0.316 e. The molecule has 1 N–H and O–H groups in total. The van der Waals surface area contributed by atoms with E-state index in [0.29, 0.717) is 10.8 Å². The van der Waals surface area contributed by atoms with Gasteiger partial charge in [0.05, 0.1) is 0 Å². The molecule has 1 unspecified atom stereocenters. The van der Waals surface area contributed by atoms with Crippen molar-refractivity contribution in [1.82, 2.24) is 10.2 Å². The molecule has 0 radical (unpaired) electrons. The van der Waals surface area contributed by atoms with Crippen LogP contribution in [-0.2, 0) is 0 Å². The molecule has 0 aromatic heterocycles. The van der Waals surface area contributed by atoms with Crippen LogP contribution in [0.25, 0.3) is 0 Å². The van der Waals surface area contributed by atoms with Gasteiger partial charge in [0.2, 0.25) is 0 Å². The van der Waals surface area contributed by atoms with Crippen LogP contribution in [0.4, 0.5) is 0 Å². The third-order valence-corrected chi connectivity index (χ3v) is 4.24. The summed E-state index contributed by atoms with van der Waals surface area (Å²) in [6.45, 7) is 17.9. The lowest BCUT2D eigenvalue weighted by molar-refractivity contribution is 0.0707. The first kappa shape index (κ1) is 16.0. The topological polar surface area (TPSA) is 15.3 Å². The molecule has 0 amide bonds. The van der Waals surface area contributed by atoms with E-state index in [1.54, 1.807) is 0 Å². The molecule has 1 fully saturated rings. The third-order valence-electron chi connectivity index (χ3n) is 4.24. The summed E-state index contributed by atoms with van der Waals surface area (Å²) in [5.41, 5.74) is 0.960. The number of nitrogens with zero attached hydrogens (tertiary/aromatic N) is 1. The minimum atomic E-state index is 0.443. The molecule has 1 heterocycles. The average molecular weight is 254 g/mol. The van der Waals surface area contributed by atoms with Gasteiger partial charge in [-0.2, -0.15) is 0 Å². The van der Waals surface area contributed by atoms with Crippen molar-refractivity contribution in [3.63, 3.8) is 0 Å². The zero-order valence-electron chi connectivity index (χ0n) is 13.3. The molecule has 0 saturated carbocycles. The Morgan fingerprint density at radius 2 is 2.00 bits per heavy atom. The molecular weight excluding hydrogens is 220 g/mol. The van der Waals surface area contributed by atoms with Gasteiger partial charge in [-0.1, -0.05) is 41.0 Å². The van der Waals surface area contributed by atoms with Crippen LogP contribution in [0.2, 0.25) is 0 Å². The summed E-state index contributed by atoms with van der Waals surface area (Å²) in [5.74, 6) is 0. The van der Waals surface area contributed by atoms with Gasteiger partial charge in [-0.05, 0) is 43.2 Å². The first-order chi connectivity index (χ1) is 8.41. The molecule has 2 heteroatoms. The van der Waals surface area contributed by atoms with Gasteiger partial charge >= 0.3 is 0 Å². The van der Waals surface area contributed by atoms with Crippen LogP contribution in [0.5, 0.6) is 0 Å². The van der Waals surface area contributed by atoms with Gasteiger partial charge in [-0.15, -0.1) is 0 Å². The fourth-order valence-electron chi connectivity index (χ4n) is 3.47. The highest BCUT2D eigenvalue weighted by Gasteiger charge is 2.31. The minimum absolute atomic E-state index is 0.443. The van der Waals surface area contributed by atoms with Crippen molar-refractivity contribution in [2.45, 2.75) is 60.3 Å². The maximum absolute atomic E-state index is 3.56. The van der Waals surface area contributed by atoms with Crippen LogP contribution in [0.15, 0.2) is 0 Å². The average Bonchev–Trinajstić information content (AvgIpc) is 2.25. The quantitative estimate of drug-likeness (QED) is 0.748. The summed E-state index contributed by atoms with van der Waals surface area (Å²) in [5, 5.41) is 3.56. The van der Waals surface area contributed by atoms with Crippen LogP contribution in [0, 0.1) is 10.8 Å². The standard InChI is InChI=1S/C16H34N2/c1-6-9-16(5,12-17-7-2)14-18-11-8-10-15(3,4)13-18/h17H,6-14H2,1-5H3. The monoisotopic (exact) mass is 254 g/mol. The molecule has 18 heavy (non-hydrogen) atoms. The van der Waals surface area contributed by atoms with Gasteiger partial charge in [0.25, 0.3) is 0 Å². The molecule has 2 nitrogen and oxygen atoms in total. The van der Waals surface area contributed by atoms with E-state index in [2.05, 4.69) is 44.8 Å². The van der Waals surface area contributed by atoms with E-state index < -0.39 is 0 Å². The molecule has 0 aromatic carbocycles. The van der Waals surface area contributed by atoms with Crippen LogP contribution in [0.3, 0.4) is 0 Å². The molecule has 1 atom stereocenters. The lowest BCUT2D eigenvalue weighted by Gasteiger charge is -2.43. The Balaban J connectivity index is 2.54. The Morgan fingerprint density at radius 3 is 2.56 bits per heavy atom. The van der Waals surface area contributed by atoms with Gasteiger partial charge in [0.15, 0.2) is 0 Å². The molecule has 0 bridgehead atoms. The zero-order valence-corrected chi connectivity index (χ0v) is 13.3. The summed E-state index contributed by atoms with van der Waals surface area (Å²) in [6, 6.07) is 0. The van der Waals surface area contributed by atoms with Crippen molar-refractivity contribution >= 4 is 0 Å². The van der Waals surface area contributed by atoms with E-state index in [0.717, 1.165) is 13.1 Å². The Bertz CT molecular complexity index is 237. The van der Waals surface area contributed by atoms with Crippen molar-refractivity contribution in [2.24, 2.45) is 10.8 Å². The minimum Gasteiger partial charge on any atom is -0.316 e. The lowest BCUT2D eigenvalue weighted by Crippen LogP contribution is -2.47. The second kappa shape index (κ2) is 6.91. The normalized spacial score (nSPS) is 23.8. The highest BCUT2D eigenvalue weighted by molar-refractivity contribution is 4.86. The lowest BCUT2D eigenvalue weighted by atomic mass is 9.80. The summed E-state index contributed by atoms with van der Waals surface area (Å²) in [7, 11) is 0. The van der Waals surface area contributed by atoms with Gasteiger partial charge in [0, 0.05) is 19.6 Å². The molecule has 0 aliphatic carbocycles. The highest BCUT2D eigenvalue weighted by atomic mass is 15.1. The molecule has 0 spiro atoms. The van der Waals surface area contributed by atoms with E-state index in [9.17, 15) is 0 Å². The van der Waals surface area contributed by atoms with Crippen LogP contribution >= 0.6 is 0 Å². The van der Waals surface area contributed by atoms with Crippen molar-refractivity contribution in [1.29, 1.82) is 0 Å². The predicted molar refractivity (Wildman–Crippen MR) is 81.0 cm³/mol. The maximum atomic E-state index is 3.56. The Labute approximate surface area is 115 Å². The first-order valence-corrected chi connectivity index (χ1v) is 7.84. The van der Waals surface area contributed by atoms with Gasteiger partial charge in [0.1, 0.15) is 0 Å². The molecule has 0 aromatic rings. The van der Waals surface area contributed by atoms with E-state index >= 15 is 0 Å². The Kier molecular flexibility index (Phi) is 6.13. The maximum Gasteiger partial charge on any atom is 0.00477 e. The fourth-order valence-corrected chi connectivity index (χ4v) is 3.47. The number of hydrogen-bond acceptors (Lipinski definition) is 2. The third kappa shape index (κ3) is 5.27.